The molecule has 4 heterocycles. The third kappa shape index (κ3) is 4.47. The number of aryl methyl sites for hydroxylation is 1. The Morgan fingerprint density at radius 3 is 2.58 bits per heavy atom. The van der Waals surface area contributed by atoms with E-state index in [4.69, 9.17) is 14.6 Å². The summed E-state index contributed by atoms with van der Waals surface area (Å²) in [5.41, 5.74) is 1.94. The monoisotopic (exact) mass is 534 g/mol. The van der Waals surface area contributed by atoms with Crippen molar-refractivity contribution in [3.05, 3.63) is 68.4 Å². The summed E-state index contributed by atoms with van der Waals surface area (Å²) in [6.45, 7) is 7.48. The molecule has 11 heteroatoms. The predicted octanol–water partition coefficient (Wildman–Crippen LogP) is 4.11. The number of nitrogens with zero attached hydrogens (tertiary/aromatic N) is 6. The maximum atomic E-state index is 13.8. The molecule has 1 amide bonds. The Morgan fingerprint density at radius 1 is 1.16 bits per heavy atom. The maximum absolute atomic E-state index is 13.8. The first-order valence-electron chi connectivity index (χ1n) is 12.2. The molecule has 198 valence electrons. The summed E-state index contributed by atoms with van der Waals surface area (Å²) < 4.78 is 13.8. The van der Waals surface area contributed by atoms with E-state index in [1.165, 1.54) is 9.69 Å². The molecule has 10 nitrogen and oxygen atoms in total. The van der Waals surface area contributed by atoms with E-state index in [0.29, 0.717) is 34.5 Å². The summed E-state index contributed by atoms with van der Waals surface area (Å²) >= 11 is 1.57. The van der Waals surface area contributed by atoms with Crippen molar-refractivity contribution in [1.29, 1.82) is 0 Å². The Balaban J connectivity index is 1.54. The normalized spacial score (nSPS) is 15.7. The second-order valence-corrected chi connectivity index (χ2v) is 11.1. The van der Waals surface area contributed by atoms with Crippen molar-refractivity contribution < 1.29 is 14.3 Å². The number of thiophene rings is 1. The topological polar surface area (TPSA) is 104 Å². The lowest BCUT2D eigenvalue weighted by Crippen LogP contribution is -2.36. The van der Waals surface area contributed by atoms with Gasteiger partial charge in [-0.2, -0.15) is 15.3 Å². The first-order chi connectivity index (χ1) is 18.1. The molecule has 0 saturated carbocycles. The minimum atomic E-state index is -0.413. The van der Waals surface area contributed by atoms with E-state index in [-0.39, 0.29) is 24.1 Å². The molecule has 1 aromatic carbocycles. The van der Waals surface area contributed by atoms with Gasteiger partial charge in [0.25, 0.3) is 11.5 Å². The molecule has 0 N–H and O–H groups in total. The number of carbonyl (C=O) groups is 1. The number of hydrogen-bond donors (Lipinski definition) is 0. The average molecular weight is 535 g/mol. The van der Waals surface area contributed by atoms with Gasteiger partial charge < -0.3 is 9.47 Å². The number of hydrogen-bond acceptors (Lipinski definition) is 8. The van der Waals surface area contributed by atoms with Crippen LogP contribution >= 0.6 is 11.3 Å². The van der Waals surface area contributed by atoms with Gasteiger partial charge in [0.05, 0.1) is 48.3 Å². The van der Waals surface area contributed by atoms with Gasteiger partial charge in [0.2, 0.25) is 0 Å². The third-order valence-corrected chi connectivity index (χ3v) is 7.47. The lowest BCUT2D eigenvalue weighted by Gasteiger charge is -2.23. The summed E-state index contributed by atoms with van der Waals surface area (Å²) in [5, 5.41) is 17.7. The number of ether oxygens (including phenoxy) is 2. The van der Waals surface area contributed by atoms with E-state index < -0.39 is 5.54 Å². The smallest absolute Gasteiger partial charge is 0.293 e. The zero-order valence-corrected chi connectivity index (χ0v) is 23.1. The molecule has 1 aliphatic heterocycles. The lowest BCUT2D eigenvalue weighted by molar-refractivity contribution is -0.133. The number of benzene rings is 1. The molecule has 3 aromatic heterocycles. The number of rotatable bonds is 6. The highest BCUT2D eigenvalue weighted by Gasteiger charge is 2.34. The van der Waals surface area contributed by atoms with E-state index in [1.807, 2.05) is 63.4 Å². The van der Waals surface area contributed by atoms with E-state index in [9.17, 15) is 9.59 Å². The van der Waals surface area contributed by atoms with Crippen LogP contribution in [0, 0.1) is 6.92 Å². The molecule has 1 aliphatic rings. The van der Waals surface area contributed by atoms with E-state index >= 15 is 0 Å². The Bertz CT molecular complexity index is 1600. The highest BCUT2D eigenvalue weighted by atomic mass is 32.1. The number of carbonyl (C=O) groups excluding carboxylic acids is 1. The number of amides is 1. The van der Waals surface area contributed by atoms with Crippen molar-refractivity contribution in [2.75, 3.05) is 14.2 Å². The van der Waals surface area contributed by atoms with Crippen LogP contribution in [0.2, 0.25) is 0 Å². The van der Waals surface area contributed by atoms with Gasteiger partial charge in [0.1, 0.15) is 12.1 Å². The highest BCUT2D eigenvalue weighted by Crippen LogP contribution is 2.38. The zero-order chi connectivity index (χ0) is 27.2. The van der Waals surface area contributed by atoms with E-state index in [1.54, 1.807) is 36.4 Å². The molecule has 0 radical (unpaired) electrons. The molecule has 0 spiro atoms. The van der Waals surface area contributed by atoms with Gasteiger partial charge in [-0.05, 0) is 56.8 Å². The standard InChI is InChI=1S/C27H30N6O4S/c1-16-18-14-28-33(27(2,3)4)25(18)26(35)31(29-16)15-24(34)32-20(13-19(30-32)23-8-7-11-38-23)17-9-10-21(36-5)22(12-17)37-6/h7-12,14,20H,13,15H2,1-6H3. The van der Waals surface area contributed by atoms with Crippen LogP contribution in [0.1, 0.15) is 49.4 Å². The lowest BCUT2D eigenvalue weighted by atomic mass is 10.0. The largest absolute Gasteiger partial charge is 0.493 e. The molecule has 0 aliphatic carbocycles. The summed E-state index contributed by atoms with van der Waals surface area (Å²) in [4.78, 5) is 28.3. The van der Waals surface area contributed by atoms with Crippen molar-refractivity contribution >= 4 is 33.9 Å². The van der Waals surface area contributed by atoms with Crippen molar-refractivity contribution in [2.45, 2.75) is 52.2 Å². The van der Waals surface area contributed by atoms with Crippen LogP contribution in [-0.4, -0.2) is 50.4 Å². The zero-order valence-electron chi connectivity index (χ0n) is 22.3. The van der Waals surface area contributed by atoms with Gasteiger partial charge in [-0.25, -0.2) is 9.69 Å². The van der Waals surface area contributed by atoms with Gasteiger partial charge in [0, 0.05) is 11.8 Å². The molecule has 0 fully saturated rings. The summed E-state index contributed by atoms with van der Waals surface area (Å²) in [7, 11) is 3.15. The Hall–Kier alpha value is -3.99. The van der Waals surface area contributed by atoms with Crippen molar-refractivity contribution in [2.24, 2.45) is 5.10 Å². The van der Waals surface area contributed by atoms with Crippen LogP contribution in [0.15, 0.2) is 51.8 Å². The quantitative estimate of drug-likeness (QED) is 0.369. The van der Waals surface area contributed by atoms with Gasteiger partial charge in [-0.1, -0.05) is 12.1 Å². The average Bonchev–Trinajstić information content (AvgIpc) is 3.65. The summed E-state index contributed by atoms with van der Waals surface area (Å²) in [6, 6.07) is 9.15. The Kier molecular flexibility index (Phi) is 6.56. The molecular formula is C27H30N6O4S. The molecule has 0 bridgehead atoms. The van der Waals surface area contributed by atoms with Crippen molar-refractivity contribution in [3.8, 4) is 11.5 Å². The van der Waals surface area contributed by atoms with Crippen LogP contribution < -0.4 is 15.0 Å². The summed E-state index contributed by atoms with van der Waals surface area (Å²) in [6.07, 6.45) is 2.18. The SMILES string of the molecule is COc1ccc(C2CC(c3cccs3)=NN2C(=O)Cn2nc(C)c3cnn(C(C)(C)C)c3c2=O)cc1OC. The first-order valence-corrected chi connectivity index (χ1v) is 13.1. The number of hydrazone groups is 1. The van der Waals surface area contributed by atoms with Gasteiger partial charge in [0.15, 0.2) is 11.5 Å². The molecule has 1 atom stereocenters. The van der Waals surface area contributed by atoms with Crippen LogP contribution in [0.5, 0.6) is 11.5 Å². The fourth-order valence-corrected chi connectivity index (χ4v) is 5.41. The molecule has 38 heavy (non-hydrogen) atoms. The fraction of sp³-hybridized carbons (Fsp3) is 0.370. The maximum Gasteiger partial charge on any atom is 0.293 e. The third-order valence-electron chi connectivity index (χ3n) is 6.55. The van der Waals surface area contributed by atoms with Gasteiger partial charge >= 0.3 is 0 Å². The Labute approximate surface area is 224 Å². The minimum absolute atomic E-state index is 0.254. The second-order valence-electron chi connectivity index (χ2n) is 10.1. The van der Waals surface area contributed by atoms with E-state index in [2.05, 4.69) is 10.2 Å². The first kappa shape index (κ1) is 25.7. The van der Waals surface area contributed by atoms with Crippen LogP contribution in [0.25, 0.3) is 10.9 Å². The Morgan fingerprint density at radius 2 is 1.92 bits per heavy atom. The van der Waals surface area contributed by atoms with E-state index in [0.717, 1.165) is 16.2 Å². The second kappa shape index (κ2) is 9.71. The molecule has 0 saturated heterocycles. The molecule has 1 unspecified atom stereocenters. The fourth-order valence-electron chi connectivity index (χ4n) is 4.69. The van der Waals surface area contributed by atoms with Crippen molar-refractivity contribution in [3.63, 3.8) is 0 Å². The molecular weight excluding hydrogens is 504 g/mol. The van der Waals surface area contributed by atoms with Gasteiger partial charge in [-0.3, -0.25) is 14.3 Å². The van der Waals surface area contributed by atoms with Gasteiger partial charge in [-0.15, -0.1) is 11.3 Å². The predicted molar refractivity (Wildman–Crippen MR) is 146 cm³/mol. The number of aromatic nitrogens is 4. The number of methoxy groups -OCH3 is 2. The number of fused-ring (bicyclic) bond motifs is 1. The van der Waals surface area contributed by atoms with Crippen LogP contribution in [0.3, 0.4) is 0 Å². The van der Waals surface area contributed by atoms with Crippen LogP contribution in [-0.2, 0) is 16.9 Å². The minimum Gasteiger partial charge on any atom is -0.493 e. The molecule has 4 aromatic rings. The van der Waals surface area contributed by atoms with Crippen molar-refractivity contribution in [1.82, 2.24) is 24.6 Å². The summed E-state index contributed by atoms with van der Waals surface area (Å²) in [5.74, 6) is 0.824. The van der Waals surface area contributed by atoms with Crippen LogP contribution in [0.4, 0.5) is 0 Å². The molecule has 5 rings (SSSR count). The highest BCUT2D eigenvalue weighted by molar-refractivity contribution is 7.12.